The predicted molar refractivity (Wildman–Crippen MR) is 334 cm³/mol. The average molecular weight is 1070 g/mol. The van der Waals surface area contributed by atoms with Crippen LogP contribution in [0.25, 0.3) is 0 Å². The van der Waals surface area contributed by atoms with Gasteiger partial charge in [0.25, 0.3) is 0 Å². The van der Waals surface area contributed by atoms with Gasteiger partial charge in [0.15, 0.2) is 6.10 Å². The molecule has 0 saturated heterocycles. The zero-order chi connectivity index (χ0) is 55.7. The van der Waals surface area contributed by atoms with Crippen molar-refractivity contribution in [1.29, 1.82) is 0 Å². The fourth-order valence-electron chi connectivity index (χ4n) is 8.92. The minimum absolute atomic E-state index is 0.0949. The number of allylic oxidation sites excluding steroid dienone is 18. The van der Waals surface area contributed by atoms with Crippen LogP contribution in [0.15, 0.2) is 109 Å². The highest BCUT2D eigenvalue weighted by Gasteiger charge is 2.19. The fraction of sp³-hybridized carbons (Fsp3) is 0.704. The third-order valence-corrected chi connectivity index (χ3v) is 13.8. The van der Waals surface area contributed by atoms with Crippen molar-refractivity contribution in [1.82, 2.24) is 0 Å². The van der Waals surface area contributed by atoms with Gasteiger partial charge in [0, 0.05) is 19.3 Å². The van der Waals surface area contributed by atoms with Gasteiger partial charge in [0.05, 0.1) is 0 Å². The zero-order valence-electron chi connectivity index (χ0n) is 50.4. The fourth-order valence-corrected chi connectivity index (χ4v) is 8.92. The molecule has 6 heteroatoms. The first-order valence-electron chi connectivity index (χ1n) is 32.4. The summed E-state index contributed by atoms with van der Waals surface area (Å²) in [6.07, 6.45) is 88.2. The first kappa shape index (κ1) is 73.1. The zero-order valence-corrected chi connectivity index (χ0v) is 50.4. The maximum Gasteiger partial charge on any atom is 0.306 e. The highest BCUT2D eigenvalue weighted by Crippen LogP contribution is 2.16. The molecule has 0 saturated carbocycles. The lowest BCUT2D eigenvalue weighted by Gasteiger charge is -2.18. The lowest BCUT2D eigenvalue weighted by Crippen LogP contribution is -2.30. The maximum atomic E-state index is 12.9. The summed E-state index contributed by atoms with van der Waals surface area (Å²) in [5.41, 5.74) is 0. The van der Waals surface area contributed by atoms with Gasteiger partial charge in [-0.1, -0.05) is 284 Å². The molecular formula is C71H120O6. The topological polar surface area (TPSA) is 78.9 Å². The number of rotatable bonds is 58. The van der Waals surface area contributed by atoms with Crippen LogP contribution in [0.5, 0.6) is 0 Å². The van der Waals surface area contributed by atoms with E-state index in [4.69, 9.17) is 14.2 Å². The lowest BCUT2D eigenvalue weighted by atomic mass is 10.0. The standard InChI is InChI=1S/C71H120O6/c1-4-7-10-13-16-19-22-24-26-28-30-32-33-34-35-36-37-39-40-42-44-46-49-52-55-58-61-64-70(73)76-67-68(66-75-69(72)63-60-57-54-51-48-21-18-15-12-9-6-3)77-71(74)65-62-59-56-53-50-47-45-43-41-38-31-29-27-25-23-20-17-14-11-8-5-2/h8,11,17,20,22,24-25,27-28,30-31,33-34,38,43,45,50,53,68H,4-7,9-10,12-16,18-19,21,23,26,29,32,35-37,39-42,44,46-49,51-52,54-67H2,1-3H3/b11-8-,20-17-,24-22-,27-25-,30-28-,34-33-,38-31-,45-43-,53-50-. The quantitative estimate of drug-likeness (QED) is 0.0261. The summed E-state index contributed by atoms with van der Waals surface area (Å²) < 4.78 is 16.9. The molecule has 0 rings (SSSR count). The molecule has 0 bridgehead atoms. The van der Waals surface area contributed by atoms with Crippen LogP contribution < -0.4 is 0 Å². The molecule has 0 N–H and O–H groups in total. The molecule has 1 atom stereocenters. The summed E-state index contributed by atoms with van der Waals surface area (Å²) in [7, 11) is 0. The second-order valence-electron chi connectivity index (χ2n) is 21.3. The summed E-state index contributed by atoms with van der Waals surface area (Å²) in [4.78, 5) is 38.2. The van der Waals surface area contributed by atoms with Crippen molar-refractivity contribution in [3.05, 3.63) is 109 Å². The van der Waals surface area contributed by atoms with Crippen molar-refractivity contribution < 1.29 is 28.6 Å². The SMILES string of the molecule is CC/C=C\C/C=C\C/C=C\C/C=C\C/C=C\C/C=C\CCCCC(=O)OC(COC(=O)CCCCCCCCCCCCC)COC(=O)CCCCCCCCCCCCCC/C=C\C/C=C\C/C=C\CCCCCCC. The molecule has 0 fully saturated rings. The van der Waals surface area contributed by atoms with Crippen LogP contribution in [0.4, 0.5) is 0 Å². The van der Waals surface area contributed by atoms with E-state index in [0.717, 1.165) is 103 Å². The van der Waals surface area contributed by atoms with E-state index in [1.54, 1.807) is 0 Å². The Kier molecular flexibility index (Phi) is 61.3. The Morgan fingerprint density at radius 2 is 0.506 bits per heavy atom. The molecular weight excluding hydrogens is 949 g/mol. The van der Waals surface area contributed by atoms with E-state index in [9.17, 15) is 14.4 Å². The Hall–Kier alpha value is -3.93. The molecule has 0 heterocycles. The molecule has 0 aliphatic rings. The highest BCUT2D eigenvalue weighted by molar-refractivity contribution is 5.71. The Bertz CT molecular complexity index is 1560. The van der Waals surface area contributed by atoms with Gasteiger partial charge >= 0.3 is 17.9 Å². The Morgan fingerprint density at radius 1 is 0.273 bits per heavy atom. The second kappa shape index (κ2) is 64.6. The molecule has 0 spiro atoms. The number of ether oxygens (including phenoxy) is 3. The predicted octanol–water partition coefficient (Wildman–Crippen LogP) is 22.2. The molecule has 440 valence electrons. The van der Waals surface area contributed by atoms with E-state index >= 15 is 0 Å². The van der Waals surface area contributed by atoms with Gasteiger partial charge in [-0.3, -0.25) is 14.4 Å². The van der Waals surface area contributed by atoms with Crippen LogP contribution in [-0.4, -0.2) is 37.2 Å². The summed E-state index contributed by atoms with van der Waals surface area (Å²) in [6.45, 7) is 6.49. The maximum absolute atomic E-state index is 12.9. The number of carbonyl (C=O) groups excluding carboxylic acids is 3. The van der Waals surface area contributed by atoms with Crippen molar-refractivity contribution in [2.24, 2.45) is 0 Å². The number of esters is 3. The largest absolute Gasteiger partial charge is 0.462 e. The van der Waals surface area contributed by atoms with Crippen molar-refractivity contribution in [3.63, 3.8) is 0 Å². The molecule has 6 nitrogen and oxygen atoms in total. The molecule has 1 unspecified atom stereocenters. The first-order chi connectivity index (χ1) is 38.0. The van der Waals surface area contributed by atoms with Crippen molar-refractivity contribution in [3.8, 4) is 0 Å². The first-order valence-corrected chi connectivity index (χ1v) is 32.4. The molecule has 0 aromatic carbocycles. The van der Waals surface area contributed by atoms with Crippen LogP contribution in [0, 0.1) is 0 Å². The molecule has 77 heavy (non-hydrogen) atoms. The monoisotopic (exact) mass is 1070 g/mol. The van der Waals surface area contributed by atoms with Gasteiger partial charge in [0.2, 0.25) is 0 Å². The summed E-state index contributed by atoms with van der Waals surface area (Å²) >= 11 is 0. The smallest absolute Gasteiger partial charge is 0.306 e. The van der Waals surface area contributed by atoms with E-state index in [-0.39, 0.29) is 37.5 Å². The molecule has 0 radical (unpaired) electrons. The van der Waals surface area contributed by atoms with Gasteiger partial charge < -0.3 is 14.2 Å². The van der Waals surface area contributed by atoms with Crippen LogP contribution >= 0.6 is 0 Å². The van der Waals surface area contributed by atoms with E-state index < -0.39 is 6.10 Å². The Balaban J connectivity index is 4.33. The summed E-state index contributed by atoms with van der Waals surface area (Å²) in [5, 5.41) is 0. The van der Waals surface area contributed by atoms with Gasteiger partial charge in [-0.25, -0.2) is 0 Å². The van der Waals surface area contributed by atoms with Crippen LogP contribution in [0.1, 0.15) is 303 Å². The van der Waals surface area contributed by atoms with Crippen LogP contribution in [-0.2, 0) is 28.6 Å². The third-order valence-electron chi connectivity index (χ3n) is 13.8. The molecule has 0 amide bonds. The molecule has 0 aromatic rings. The third kappa shape index (κ3) is 62.8. The molecule has 0 aliphatic carbocycles. The van der Waals surface area contributed by atoms with Crippen molar-refractivity contribution >= 4 is 17.9 Å². The Labute approximate surface area is 476 Å². The number of hydrogen-bond donors (Lipinski definition) is 0. The van der Waals surface area contributed by atoms with Crippen molar-refractivity contribution in [2.75, 3.05) is 13.2 Å². The minimum atomic E-state index is -0.803. The number of hydrogen-bond acceptors (Lipinski definition) is 6. The van der Waals surface area contributed by atoms with Crippen LogP contribution in [0.2, 0.25) is 0 Å². The van der Waals surface area contributed by atoms with Gasteiger partial charge in [-0.15, -0.1) is 0 Å². The number of unbranched alkanes of at least 4 members (excludes halogenated alkanes) is 29. The van der Waals surface area contributed by atoms with Crippen LogP contribution in [0.3, 0.4) is 0 Å². The van der Waals surface area contributed by atoms with Crippen molar-refractivity contribution in [2.45, 2.75) is 309 Å². The van der Waals surface area contributed by atoms with Gasteiger partial charge in [-0.05, 0) is 109 Å². The summed E-state index contributed by atoms with van der Waals surface area (Å²) in [5.74, 6) is -0.934. The highest BCUT2D eigenvalue weighted by atomic mass is 16.6. The normalized spacial score (nSPS) is 12.8. The van der Waals surface area contributed by atoms with E-state index in [1.807, 2.05) is 0 Å². The lowest BCUT2D eigenvalue weighted by molar-refractivity contribution is -0.167. The summed E-state index contributed by atoms with van der Waals surface area (Å²) in [6, 6.07) is 0. The minimum Gasteiger partial charge on any atom is -0.462 e. The van der Waals surface area contributed by atoms with E-state index in [1.165, 1.54) is 154 Å². The van der Waals surface area contributed by atoms with Gasteiger partial charge in [0.1, 0.15) is 13.2 Å². The number of carbonyl (C=O) groups is 3. The Morgan fingerprint density at radius 3 is 0.818 bits per heavy atom. The van der Waals surface area contributed by atoms with Gasteiger partial charge in [-0.2, -0.15) is 0 Å². The molecule has 0 aliphatic heterocycles. The average Bonchev–Trinajstić information content (AvgIpc) is 3.43. The molecule has 0 aromatic heterocycles. The van der Waals surface area contributed by atoms with E-state index in [0.29, 0.717) is 19.3 Å². The van der Waals surface area contributed by atoms with E-state index in [2.05, 4.69) is 130 Å². The second-order valence-corrected chi connectivity index (χ2v) is 21.3.